The number of nitrogens with one attached hydrogen (secondary N) is 1. The van der Waals surface area contributed by atoms with Crippen LogP contribution in [0.25, 0.3) is 5.69 Å². The van der Waals surface area contributed by atoms with Gasteiger partial charge in [-0.2, -0.15) is 0 Å². The second-order valence-corrected chi connectivity index (χ2v) is 6.36. The minimum absolute atomic E-state index is 0.574. The van der Waals surface area contributed by atoms with Crippen LogP contribution in [0.5, 0.6) is 0 Å². The molecule has 3 rings (SSSR count). The van der Waals surface area contributed by atoms with Crippen LogP contribution in [0.15, 0.2) is 36.7 Å². The van der Waals surface area contributed by atoms with Crippen molar-refractivity contribution in [3.63, 3.8) is 0 Å². The first-order valence-corrected chi connectivity index (χ1v) is 7.96. The normalized spacial score (nSPS) is 22.4. The van der Waals surface area contributed by atoms with Gasteiger partial charge in [0, 0.05) is 6.04 Å². The number of hydrogen-bond donors (Lipinski definition) is 1. The van der Waals surface area contributed by atoms with Gasteiger partial charge in [0.25, 0.3) is 0 Å². The lowest BCUT2D eigenvalue weighted by Crippen LogP contribution is -2.28. The fourth-order valence-corrected chi connectivity index (χ4v) is 3.28. The van der Waals surface area contributed by atoms with Gasteiger partial charge >= 0.3 is 0 Å². The molecule has 1 aliphatic carbocycles. The maximum Gasteiger partial charge on any atom is 0.0894 e. The van der Waals surface area contributed by atoms with Crippen molar-refractivity contribution >= 4 is 5.69 Å². The smallest absolute Gasteiger partial charge is 0.0894 e. The fraction of sp³-hybridized carbons (Fsp3) is 0.529. The zero-order valence-corrected chi connectivity index (χ0v) is 12.9. The Hall–Kier alpha value is -1.84. The van der Waals surface area contributed by atoms with Gasteiger partial charge in [-0.1, -0.05) is 31.2 Å². The molecule has 0 aliphatic heterocycles. The van der Waals surface area contributed by atoms with Gasteiger partial charge in [0.1, 0.15) is 0 Å². The summed E-state index contributed by atoms with van der Waals surface area (Å²) in [5, 5.41) is 11.7. The molecule has 1 fully saturated rings. The Morgan fingerprint density at radius 2 is 1.90 bits per heavy atom. The molecule has 0 atom stereocenters. The molecule has 4 nitrogen and oxygen atoms in total. The predicted octanol–water partition coefficient (Wildman–Crippen LogP) is 3.89. The van der Waals surface area contributed by atoms with Crippen molar-refractivity contribution in [3.05, 3.63) is 36.7 Å². The standard InChI is InChI=1S/C17H24N4/c1-13(2)14-7-9-15(10-8-14)19-16-5-3-4-6-17(16)21-12-11-18-20-21/h3-6,11-15,19H,7-10H2,1-2H3. The van der Waals surface area contributed by atoms with Crippen molar-refractivity contribution in [3.8, 4) is 5.69 Å². The van der Waals surface area contributed by atoms with Gasteiger partial charge in [-0.3, -0.25) is 0 Å². The summed E-state index contributed by atoms with van der Waals surface area (Å²) in [6.45, 7) is 4.69. The van der Waals surface area contributed by atoms with E-state index in [-0.39, 0.29) is 0 Å². The first-order valence-electron chi connectivity index (χ1n) is 7.96. The summed E-state index contributed by atoms with van der Waals surface area (Å²) in [6, 6.07) is 8.90. The lowest BCUT2D eigenvalue weighted by Gasteiger charge is -2.32. The van der Waals surface area contributed by atoms with Crippen molar-refractivity contribution in [2.24, 2.45) is 11.8 Å². The van der Waals surface area contributed by atoms with Crippen LogP contribution in [-0.2, 0) is 0 Å². The quantitative estimate of drug-likeness (QED) is 0.926. The Balaban J connectivity index is 1.69. The molecule has 1 saturated carbocycles. The van der Waals surface area contributed by atoms with E-state index in [1.165, 1.54) is 25.7 Å². The third kappa shape index (κ3) is 3.26. The van der Waals surface area contributed by atoms with Crippen LogP contribution in [0.2, 0.25) is 0 Å². The molecule has 1 aromatic heterocycles. The van der Waals surface area contributed by atoms with E-state index in [4.69, 9.17) is 0 Å². The molecule has 1 aromatic carbocycles. The third-order valence-electron chi connectivity index (χ3n) is 4.65. The molecule has 1 heterocycles. The van der Waals surface area contributed by atoms with Crippen LogP contribution < -0.4 is 5.32 Å². The second-order valence-electron chi connectivity index (χ2n) is 6.36. The average Bonchev–Trinajstić information content (AvgIpc) is 3.02. The minimum Gasteiger partial charge on any atom is -0.381 e. The predicted molar refractivity (Wildman–Crippen MR) is 85.6 cm³/mol. The topological polar surface area (TPSA) is 42.7 Å². The van der Waals surface area contributed by atoms with Crippen LogP contribution in [0.3, 0.4) is 0 Å². The Labute approximate surface area is 126 Å². The van der Waals surface area contributed by atoms with E-state index in [0.717, 1.165) is 23.2 Å². The summed E-state index contributed by atoms with van der Waals surface area (Å²) in [5.74, 6) is 1.71. The van der Waals surface area contributed by atoms with E-state index < -0.39 is 0 Å². The van der Waals surface area contributed by atoms with Gasteiger partial charge in [0.15, 0.2) is 0 Å². The second kappa shape index (κ2) is 6.29. The van der Waals surface area contributed by atoms with E-state index >= 15 is 0 Å². The summed E-state index contributed by atoms with van der Waals surface area (Å²) in [7, 11) is 0. The lowest BCUT2D eigenvalue weighted by molar-refractivity contribution is 0.267. The van der Waals surface area contributed by atoms with Gasteiger partial charge in [-0.05, 0) is 49.7 Å². The minimum atomic E-state index is 0.574. The zero-order valence-electron chi connectivity index (χ0n) is 12.9. The number of benzene rings is 1. The molecule has 112 valence electrons. The highest BCUT2D eigenvalue weighted by atomic mass is 15.4. The van der Waals surface area contributed by atoms with Gasteiger partial charge in [-0.25, -0.2) is 4.68 Å². The van der Waals surface area contributed by atoms with Crippen molar-refractivity contribution in [1.29, 1.82) is 0 Å². The summed E-state index contributed by atoms with van der Waals surface area (Å²) in [4.78, 5) is 0. The molecule has 0 bridgehead atoms. The molecule has 1 aliphatic rings. The molecule has 0 unspecified atom stereocenters. The fourth-order valence-electron chi connectivity index (χ4n) is 3.28. The highest BCUT2D eigenvalue weighted by molar-refractivity contribution is 5.60. The van der Waals surface area contributed by atoms with Crippen molar-refractivity contribution < 1.29 is 0 Å². The highest BCUT2D eigenvalue weighted by Crippen LogP contribution is 2.32. The van der Waals surface area contributed by atoms with Crippen LogP contribution in [0, 0.1) is 11.8 Å². The van der Waals surface area contributed by atoms with Crippen LogP contribution in [0.1, 0.15) is 39.5 Å². The van der Waals surface area contributed by atoms with Gasteiger partial charge in [-0.15, -0.1) is 5.10 Å². The van der Waals surface area contributed by atoms with Gasteiger partial charge in [0.05, 0.1) is 23.8 Å². The van der Waals surface area contributed by atoms with Gasteiger partial charge < -0.3 is 5.32 Å². The van der Waals surface area contributed by atoms with Crippen molar-refractivity contribution in [1.82, 2.24) is 15.0 Å². The van der Waals surface area contributed by atoms with Crippen molar-refractivity contribution in [2.75, 3.05) is 5.32 Å². The Morgan fingerprint density at radius 3 is 2.57 bits per heavy atom. The van der Waals surface area contributed by atoms with E-state index in [9.17, 15) is 0 Å². The average molecular weight is 284 g/mol. The number of hydrogen-bond acceptors (Lipinski definition) is 3. The first-order chi connectivity index (χ1) is 10.2. The summed E-state index contributed by atoms with van der Waals surface area (Å²) < 4.78 is 1.82. The van der Waals surface area contributed by atoms with Crippen LogP contribution in [-0.4, -0.2) is 21.0 Å². The number of aromatic nitrogens is 3. The molecule has 0 saturated heterocycles. The third-order valence-corrected chi connectivity index (χ3v) is 4.65. The zero-order chi connectivity index (χ0) is 14.7. The Bertz CT molecular complexity index is 554. The highest BCUT2D eigenvalue weighted by Gasteiger charge is 2.23. The molecule has 21 heavy (non-hydrogen) atoms. The maximum atomic E-state index is 4.10. The van der Waals surface area contributed by atoms with E-state index in [1.54, 1.807) is 6.20 Å². The number of anilines is 1. The Kier molecular flexibility index (Phi) is 4.23. The largest absolute Gasteiger partial charge is 0.381 e. The molecular weight excluding hydrogens is 260 g/mol. The monoisotopic (exact) mass is 284 g/mol. The molecule has 4 heteroatoms. The number of nitrogens with zero attached hydrogens (tertiary/aromatic N) is 3. The molecule has 0 radical (unpaired) electrons. The van der Waals surface area contributed by atoms with E-state index in [0.29, 0.717) is 6.04 Å². The molecule has 0 spiro atoms. The molecule has 0 amide bonds. The van der Waals surface area contributed by atoms with Crippen molar-refractivity contribution in [2.45, 2.75) is 45.6 Å². The maximum absolute atomic E-state index is 4.10. The summed E-state index contributed by atoms with van der Waals surface area (Å²) in [6.07, 6.45) is 8.78. The molecule has 1 N–H and O–H groups in total. The first kappa shape index (κ1) is 14.1. The van der Waals surface area contributed by atoms with E-state index in [1.807, 2.05) is 16.9 Å². The summed E-state index contributed by atoms with van der Waals surface area (Å²) in [5.41, 5.74) is 2.22. The van der Waals surface area contributed by atoms with Crippen LogP contribution >= 0.6 is 0 Å². The number of para-hydroxylation sites is 2. The van der Waals surface area contributed by atoms with Gasteiger partial charge in [0.2, 0.25) is 0 Å². The SMILES string of the molecule is CC(C)C1CCC(Nc2ccccc2-n2ccnn2)CC1. The Morgan fingerprint density at radius 1 is 1.14 bits per heavy atom. The molecule has 2 aromatic rings. The van der Waals surface area contributed by atoms with E-state index in [2.05, 4.69) is 47.7 Å². The summed E-state index contributed by atoms with van der Waals surface area (Å²) >= 11 is 0. The lowest BCUT2D eigenvalue weighted by atomic mass is 9.79. The van der Waals surface area contributed by atoms with Crippen LogP contribution in [0.4, 0.5) is 5.69 Å². The number of rotatable bonds is 4. The molecular formula is C17H24N4.